The second-order valence-electron chi connectivity index (χ2n) is 5.21. The maximum absolute atomic E-state index is 13.4. The first-order valence-corrected chi connectivity index (χ1v) is 7.41. The average Bonchev–Trinajstić information content (AvgIpc) is 2.68. The van der Waals surface area contributed by atoms with Crippen molar-refractivity contribution in [3.63, 3.8) is 0 Å². The minimum Gasteiger partial charge on any atom is -0.356 e. The lowest BCUT2D eigenvalue weighted by atomic mass is 10.2. The van der Waals surface area contributed by atoms with Crippen LogP contribution in [-0.2, 0) is 6.54 Å². The van der Waals surface area contributed by atoms with Gasteiger partial charge in [-0.05, 0) is 31.9 Å². The topological polar surface area (TPSA) is 28.2 Å². The first-order chi connectivity index (χ1) is 9.31. The van der Waals surface area contributed by atoms with Crippen molar-refractivity contribution in [3.8, 4) is 0 Å². The Morgan fingerprint density at radius 1 is 1.26 bits per heavy atom. The highest BCUT2D eigenvalue weighted by molar-refractivity contribution is 5.47. The fourth-order valence-electron chi connectivity index (χ4n) is 2.57. The van der Waals surface area contributed by atoms with Gasteiger partial charge in [-0.3, -0.25) is 0 Å². The lowest BCUT2D eigenvalue weighted by Gasteiger charge is -2.24. The van der Waals surface area contributed by atoms with E-state index in [2.05, 4.69) is 22.1 Å². The molecule has 0 spiro atoms. The lowest BCUT2D eigenvalue weighted by molar-refractivity contribution is 0.609. The molecule has 1 aromatic rings. The van der Waals surface area contributed by atoms with Crippen molar-refractivity contribution in [1.82, 2.24) is 10.3 Å². The number of pyridine rings is 1. The average molecular weight is 265 g/mol. The van der Waals surface area contributed by atoms with Crippen molar-refractivity contribution in [3.05, 3.63) is 23.6 Å². The summed E-state index contributed by atoms with van der Waals surface area (Å²) in [5, 5.41) is 3.34. The molecule has 0 atom stereocenters. The summed E-state index contributed by atoms with van der Waals surface area (Å²) in [6.45, 7) is 5.87. The van der Waals surface area contributed by atoms with E-state index in [0.717, 1.165) is 37.4 Å². The van der Waals surface area contributed by atoms with Crippen LogP contribution in [-0.4, -0.2) is 24.6 Å². The molecule has 4 heteroatoms. The largest absolute Gasteiger partial charge is 0.356 e. The van der Waals surface area contributed by atoms with Crippen molar-refractivity contribution in [2.45, 2.75) is 45.6 Å². The third-order valence-electron chi connectivity index (χ3n) is 3.56. The zero-order valence-corrected chi connectivity index (χ0v) is 11.8. The molecule has 0 aromatic carbocycles. The van der Waals surface area contributed by atoms with Gasteiger partial charge < -0.3 is 10.2 Å². The van der Waals surface area contributed by atoms with Crippen LogP contribution in [0.3, 0.4) is 0 Å². The van der Waals surface area contributed by atoms with Crippen LogP contribution in [0.5, 0.6) is 0 Å². The zero-order valence-electron chi connectivity index (χ0n) is 11.8. The molecule has 0 aliphatic carbocycles. The Morgan fingerprint density at radius 3 is 2.68 bits per heavy atom. The number of anilines is 1. The Bertz CT molecular complexity index is 387. The van der Waals surface area contributed by atoms with Crippen LogP contribution < -0.4 is 10.2 Å². The predicted molar refractivity (Wildman–Crippen MR) is 76.9 cm³/mol. The molecular formula is C15H24FN3. The number of hydrogen-bond donors (Lipinski definition) is 1. The molecular weight excluding hydrogens is 241 g/mol. The second kappa shape index (κ2) is 7.43. The molecule has 3 nitrogen and oxygen atoms in total. The Hall–Kier alpha value is -1.16. The van der Waals surface area contributed by atoms with Gasteiger partial charge >= 0.3 is 0 Å². The van der Waals surface area contributed by atoms with Crippen molar-refractivity contribution in [2.75, 3.05) is 24.5 Å². The van der Waals surface area contributed by atoms with Gasteiger partial charge in [0.15, 0.2) is 0 Å². The lowest BCUT2D eigenvalue weighted by Crippen LogP contribution is -2.27. The summed E-state index contributed by atoms with van der Waals surface area (Å²) >= 11 is 0. The maximum Gasteiger partial charge on any atom is 0.141 e. The number of nitrogens with one attached hydrogen (secondary N) is 1. The minimum absolute atomic E-state index is 0.244. The van der Waals surface area contributed by atoms with Crippen LogP contribution >= 0.6 is 0 Å². The third kappa shape index (κ3) is 4.16. The van der Waals surface area contributed by atoms with Crippen LogP contribution in [0.1, 0.15) is 44.6 Å². The Kier molecular flexibility index (Phi) is 5.58. The molecule has 1 aliphatic heterocycles. The molecule has 1 fully saturated rings. The smallest absolute Gasteiger partial charge is 0.141 e. The number of rotatable bonds is 5. The van der Waals surface area contributed by atoms with Crippen molar-refractivity contribution in [2.24, 2.45) is 0 Å². The molecule has 2 heterocycles. The SMILES string of the molecule is CCCNCc1cc(F)cnc1N1CCCCCC1. The summed E-state index contributed by atoms with van der Waals surface area (Å²) in [6, 6.07) is 1.62. The first kappa shape index (κ1) is 14.3. The molecule has 0 unspecified atom stereocenters. The number of aromatic nitrogens is 1. The summed E-state index contributed by atoms with van der Waals surface area (Å²) in [5.74, 6) is 0.721. The molecule has 0 radical (unpaired) electrons. The van der Waals surface area contributed by atoms with Gasteiger partial charge in [-0.25, -0.2) is 9.37 Å². The van der Waals surface area contributed by atoms with Crippen LogP contribution in [0.2, 0.25) is 0 Å². The normalized spacial score (nSPS) is 16.4. The van der Waals surface area contributed by atoms with Gasteiger partial charge in [0.1, 0.15) is 11.6 Å². The Labute approximate surface area is 115 Å². The summed E-state index contributed by atoms with van der Waals surface area (Å²) in [6.07, 6.45) is 7.43. The van der Waals surface area contributed by atoms with E-state index in [4.69, 9.17) is 0 Å². The molecule has 2 rings (SSSR count). The van der Waals surface area contributed by atoms with E-state index < -0.39 is 0 Å². The first-order valence-electron chi connectivity index (χ1n) is 7.41. The molecule has 1 aromatic heterocycles. The van der Waals surface area contributed by atoms with E-state index in [1.165, 1.54) is 31.9 Å². The van der Waals surface area contributed by atoms with E-state index in [0.29, 0.717) is 6.54 Å². The second-order valence-corrected chi connectivity index (χ2v) is 5.21. The van der Waals surface area contributed by atoms with Crippen LogP contribution in [0.15, 0.2) is 12.3 Å². The molecule has 19 heavy (non-hydrogen) atoms. The van der Waals surface area contributed by atoms with E-state index in [-0.39, 0.29) is 5.82 Å². The maximum atomic E-state index is 13.4. The molecule has 1 aliphatic rings. The van der Waals surface area contributed by atoms with Crippen LogP contribution in [0, 0.1) is 5.82 Å². The molecule has 0 bridgehead atoms. The van der Waals surface area contributed by atoms with E-state index in [1.54, 1.807) is 6.07 Å². The quantitative estimate of drug-likeness (QED) is 0.829. The van der Waals surface area contributed by atoms with Gasteiger partial charge in [0, 0.05) is 25.2 Å². The summed E-state index contributed by atoms with van der Waals surface area (Å²) < 4.78 is 13.4. The van der Waals surface area contributed by atoms with Gasteiger partial charge in [0.2, 0.25) is 0 Å². The number of hydrogen-bond acceptors (Lipinski definition) is 3. The van der Waals surface area contributed by atoms with Gasteiger partial charge in [0.25, 0.3) is 0 Å². The highest BCUT2D eigenvalue weighted by Gasteiger charge is 2.15. The highest BCUT2D eigenvalue weighted by atomic mass is 19.1. The van der Waals surface area contributed by atoms with Gasteiger partial charge in [-0.15, -0.1) is 0 Å². The molecule has 0 amide bonds. The zero-order chi connectivity index (χ0) is 13.5. The third-order valence-corrected chi connectivity index (χ3v) is 3.56. The van der Waals surface area contributed by atoms with Gasteiger partial charge in [0.05, 0.1) is 6.20 Å². The van der Waals surface area contributed by atoms with Crippen LogP contribution in [0.4, 0.5) is 10.2 Å². The van der Waals surface area contributed by atoms with Gasteiger partial charge in [-0.2, -0.15) is 0 Å². The summed E-state index contributed by atoms with van der Waals surface area (Å²) in [7, 11) is 0. The Balaban J connectivity index is 2.12. The van der Waals surface area contributed by atoms with E-state index >= 15 is 0 Å². The molecule has 0 saturated carbocycles. The molecule has 1 N–H and O–H groups in total. The fraction of sp³-hybridized carbons (Fsp3) is 0.667. The minimum atomic E-state index is -0.244. The van der Waals surface area contributed by atoms with Gasteiger partial charge in [-0.1, -0.05) is 19.8 Å². The van der Waals surface area contributed by atoms with Crippen molar-refractivity contribution >= 4 is 5.82 Å². The van der Waals surface area contributed by atoms with Crippen LogP contribution in [0.25, 0.3) is 0 Å². The van der Waals surface area contributed by atoms with E-state index in [1.807, 2.05) is 0 Å². The number of nitrogens with zero attached hydrogens (tertiary/aromatic N) is 2. The standard InChI is InChI=1S/C15H24FN3/c1-2-7-17-11-13-10-14(16)12-18-15(13)19-8-5-3-4-6-9-19/h10,12,17H,2-9,11H2,1H3. The number of halogens is 1. The highest BCUT2D eigenvalue weighted by Crippen LogP contribution is 2.22. The summed E-state index contributed by atoms with van der Waals surface area (Å²) in [4.78, 5) is 6.65. The molecule has 106 valence electrons. The summed E-state index contributed by atoms with van der Waals surface area (Å²) in [5.41, 5.74) is 0.982. The predicted octanol–water partition coefficient (Wildman–Crippen LogP) is 3.10. The van der Waals surface area contributed by atoms with Crippen molar-refractivity contribution in [1.29, 1.82) is 0 Å². The molecule has 1 saturated heterocycles. The monoisotopic (exact) mass is 265 g/mol. The van der Waals surface area contributed by atoms with Crippen molar-refractivity contribution < 1.29 is 4.39 Å². The van der Waals surface area contributed by atoms with E-state index in [9.17, 15) is 4.39 Å². The Morgan fingerprint density at radius 2 is 2.00 bits per heavy atom. The fourth-order valence-corrected chi connectivity index (χ4v) is 2.57.